The molecule has 1 aliphatic rings. The van der Waals surface area contributed by atoms with Gasteiger partial charge in [0.05, 0.1) is 12.0 Å². The Bertz CT molecular complexity index is 1940. The Morgan fingerprint density at radius 2 is 1.55 bits per heavy atom. The smallest absolute Gasteiger partial charge is 0.412 e. The summed E-state index contributed by atoms with van der Waals surface area (Å²) < 4.78 is 52.6. The van der Waals surface area contributed by atoms with E-state index < -0.39 is 16.1 Å². The molecule has 6 rings (SSSR count). The van der Waals surface area contributed by atoms with Gasteiger partial charge in [-0.05, 0) is 66.8 Å². The Morgan fingerprint density at radius 3 is 2.26 bits per heavy atom. The Morgan fingerprint density at radius 1 is 0.830 bits per heavy atom. The number of para-hydroxylation sites is 2. The van der Waals surface area contributed by atoms with Gasteiger partial charge in [-0.25, -0.2) is 33.1 Å². The summed E-state index contributed by atoms with van der Waals surface area (Å²) in [5, 5.41) is 2.51. The number of methoxy groups -OCH3 is 1. The van der Waals surface area contributed by atoms with Crippen LogP contribution >= 0.6 is 0 Å². The second-order valence-electron chi connectivity index (χ2n) is 10.1. The van der Waals surface area contributed by atoms with E-state index in [0.29, 0.717) is 17.5 Å². The lowest BCUT2D eigenvalue weighted by Crippen LogP contribution is -2.19. The number of aromatic nitrogens is 5. The van der Waals surface area contributed by atoms with E-state index in [1.54, 1.807) is 72.8 Å². The van der Waals surface area contributed by atoms with Crippen LogP contribution in [0.5, 0.6) is 23.1 Å². The molecule has 2 N–H and O–H groups in total. The molecule has 2 aromatic carbocycles. The molecule has 14 nitrogen and oxygen atoms in total. The van der Waals surface area contributed by atoms with Crippen LogP contribution in [0.2, 0.25) is 0 Å². The van der Waals surface area contributed by atoms with Crippen LogP contribution in [0.3, 0.4) is 0 Å². The monoisotopic (exact) mass is 655 g/mol. The number of sulfonamides is 1. The van der Waals surface area contributed by atoms with Crippen LogP contribution in [0, 0.1) is 0 Å². The summed E-state index contributed by atoms with van der Waals surface area (Å²) in [5.74, 6) is 0.803. The fraction of sp³-hybridized carbons (Fsp3) is 0.188. The van der Waals surface area contributed by atoms with Crippen LogP contribution in [0.25, 0.3) is 11.6 Å². The molecule has 3 heterocycles. The fourth-order valence-electron chi connectivity index (χ4n) is 4.39. The number of carbonyl (C=O) groups is 1. The van der Waals surface area contributed by atoms with Crippen molar-refractivity contribution in [2.24, 2.45) is 0 Å². The molecule has 0 atom stereocenters. The highest BCUT2D eigenvalue weighted by Crippen LogP contribution is 2.42. The molecule has 240 valence electrons. The normalized spacial score (nSPS) is 12.5. The third-order valence-electron chi connectivity index (χ3n) is 6.80. The lowest BCUT2D eigenvalue weighted by atomic mass is 10.1. The number of benzene rings is 2. The van der Waals surface area contributed by atoms with Gasteiger partial charge in [0.25, 0.3) is 15.9 Å². The van der Waals surface area contributed by atoms with E-state index in [0.717, 1.165) is 18.4 Å². The van der Waals surface area contributed by atoms with Crippen molar-refractivity contribution in [2.75, 3.05) is 30.4 Å². The lowest BCUT2D eigenvalue weighted by molar-refractivity contribution is 0.135. The molecule has 47 heavy (non-hydrogen) atoms. The standard InChI is InChI=1S/C32H29N7O7S/c1-43-24-7-2-3-8-25(24)46-27-28(39-47(41,42)23-14-12-22(13-15-23)21-10-11-21)37-30(29-34-17-6-18-35-29)38-31(27)44-19-20-45-32(40)36-26-9-4-5-16-33-26/h2-9,12-18,21H,10-11,19-20H2,1H3,(H,33,36,40)(H,37,38,39). The maximum Gasteiger partial charge on any atom is 0.412 e. The van der Waals surface area contributed by atoms with E-state index in [1.165, 1.54) is 25.7 Å². The summed E-state index contributed by atoms with van der Waals surface area (Å²) in [6.45, 7) is -0.402. The van der Waals surface area contributed by atoms with E-state index in [1.807, 2.05) is 0 Å². The topological polar surface area (TPSA) is 177 Å². The van der Waals surface area contributed by atoms with Gasteiger partial charge in [0, 0.05) is 18.6 Å². The van der Waals surface area contributed by atoms with Crippen LogP contribution in [0.15, 0.2) is 96.3 Å². The molecule has 1 amide bonds. The van der Waals surface area contributed by atoms with Crippen molar-refractivity contribution in [2.45, 2.75) is 23.7 Å². The first kappa shape index (κ1) is 31.2. The summed E-state index contributed by atoms with van der Waals surface area (Å²) >= 11 is 0. The summed E-state index contributed by atoms with van der Waals surface area (Å²) in [6.07, 6.45) is 5.93. The van der Waals surface area contributed by atoms with Gasteiger partial charge in [-0.3, -0.25) is 10.0 Å². The van der Waals surface area contributed by atoms with Crippen molar-refractivity contribution < 1.29 is 32.2 Å². The number of hydrogen-bond donors (Lipinski definition) is 2. The first-order chi connectivity index (χ1) is 22.9. The maximum absolute atomic E-state index is 13.7. The van der Waals surface area contributed by atoms with Gasteiger partial charge in [-0.15, -0.1) is 0 Å². The molecule has 0 unspecified atom stereocenters. The van der Waals surface area contributed by atoms with E-state index in [4.69, 9.17) is 18.9 Å². The molecule has 0 aliphatic heterocycles. The number of nitrogens with zero attached hydrogens (tertiary/aromatic N) is 5. The predicted octanol–water partition coefficient (Wildman–Crippen LogP) is 5.44. The number of anilines is 2. The third kappa shape index (κ3) is 7.88. The minimum Gasteiger partial charge on any atom is -0.493 e. The average Bonchev–Trinajstić information content (AvgIpc) is 3.95. The van der Waals surface area contributed by atoms with Crippen LogP contribution in [-0.4, -0.2) is 59.8 Å². The second kappa shape index (κ2) is 14.1. The molecule has 0 spiro atoms. The molecule has 0 radical (unpaired) electrons. The van der Waals surface area contributed by atoms with Gasteiger partial charge in [-0.2, -0.15) is 4.98 Å². The van der Waals surface area contributed by atoms with E-state index in [9.17, 15) is 13.2 Å². The highest BCUT2D eigenvalue weighted by molar-refractivity contribution is 7.92. The van der Waals surface area contributed by atoms with Crippen molar-refractivity contribution >= 4 is 27.8 Å². The molecule has 0 bridgehead atoms. The first-order valence-corrected chi connectivity index (χ1v) is 16.0. The molecule has 1 saturated carbocycles. The van der Waals surface area contributed by atoms with Gasteiger partial charge >= 0.3 is 6.09 Å². The van der Waals surface area contributed by atoms with Gasteiger partial charge in [0.15, 0.2) is 23.1 Å². The van der Waals surface area contributed by atoms with Crippen molar-refractivity contribution in [3.63, 3.8) is 0 Å². The van der Waals surface area contributed by atoms with Crippen LogP contribution in [0.4, 0.5) is 16.4 Å². The minimum atomic E-state index is -4.18. The Balaban J connectivity index is 1.33. The van der Waals surface area contributed by atoms with Crippen LogP contribution in [-0.2, 0) is 14.8 Å². The Kier molecular flexibility index (Phi) is 9.33. The highest BCUT2D eigenvalue weighted by atomic mass is 32.2. The number of carbonyl (C=O) groups excluding carboxylic acids is 1. The zero-order chi connectivity index (χ0) is 32.6. The zero-order valence-corrected chi connectivity index (χ0v) is 25.9. The predicted molar refractivity (Wildman–Crippen MR) is 170 cm³/mol. The summed E-state index contributed by atoms with van der Waals surface area (Å²) in [4.78, 5) is 33.6. The number of ether oxygens (including phenoxy) is 4. The van der Waals surface area contributed by atoms with Crippen molar-refractivity contribution in [1.82, 2.24) is 24.9 Å². The van der Waals surface area contributed by atoms with E-state index >= 15 is 0 Å². The fourth-order valence-corrected chi connectivity index (χ4v) is 5.39. The van der Waals surface area contributed by atoms with Gasteiger partial charge < -0.3 is 18.9 Å². The Labute approximate surface area is 270 Å². The largest absolute Gasteiger partial charge is 0.493 e. The first-order valence-electron chi connectivity index (χ1n) is 14.5. The van der Waals surface area contributed by atoms with Gasteiger partial charge in [-0.1, -0.05) is 30.3 Å². The van der Waals surface area contributed by atoms with Gasteiger partial charge in [0.1, 0.15) is 19.0 Å². The Hall–Kier alpha value is -5.83. The average molecular weight is 656 g/mol. The number of amides is 1. The number of hydrogen-bond acceptors (Lipinski definition) is 12. The minimum absolute atomic E-state index is 0.0241. The molecule has 3 aromatic heterocycles. The molecule has 15 heteroatoms. The SMILES string of the molecule is COc1ccccc1Oc1c(NS(=O)(=O)c2ccc(C3CC3)cc2)nc(-c2ncccn2)nc1OCCOC(=O)Nc1ccccn1. The molecular formula is C32H29N7O7S. The number of nitrogens with one attached hydrogen (secondary N) is 2. The maximum atomic E-state index is 13.7. The number of pyridine rings is 1. The third-order valence-corrected chi connectivity index (χ3v) is 8.16. The van der Waals surface area contributed by atoms with Crippen molar-refractivity contribution in [1.29, 1.82) is 0 Å². The lowest BCUT2D eigenvalue weighted by Gasteiger charge is -2.18. The summed E-state index contributed by atoms with van der Waals surface area (Å²) in [7, 11) is -2.71. The van der Waals surface area contributed by atoms with Crippen molar-refractivity contribution in [3.8, 4) is 34.8 Å². The zero-order valence-electron chi connectivity index (χ0n) is 25.1. The second-order valence-corrected chi connectivity index (χ2v) is 11.8. The molecule has 1 fully saturated rings. The van der Waals surface area contributed by atoms with E-state index in [2.05, 4.69) is 35.0 Å². The van der Waals surface area contributed by atoms with Crippen LogP contribution < -0.4 is 24.2 Å². The van der Waals surface area contributed by atoms with Crippen molar-refractivity contribution in [3.05, 3.63) is 97.0 Å². The summed E-state index contributed by atoms with van der Waals surface area (Å²) in [5.41, 5.74) is 1.08. The highest BCUT2D eigenvalue weighted by Gasteiger charge is 2.27. The number of rotatable bonds is 13. The quantitative estimate of drug-likeness (QED) is 0.154. The molecule has 5 aromatic rings. The van der Waals surface area contributed by atoms with E-state index in [-0.39, 0.29) is 53.0 Å². The van der Waals surface area contributed by atoms with Crippen LogP contribution in [0.1, 0.15) is 24.3 Å². The van der Waals surface area contributed by atoms with Gasteiger partial charge in [0.2, 0.25) is 11.6 Å². The molecule has 1 aliphatic carbocycles. The summed E-state index contributed by atoms with van der Waals surface area (Å²) in [6, 6.07) is 20.1. The molecule has 0 saturated heterocycles. The molecular weight excluding hydrogens is 626 g/mol.